The third-order valence-electron chi connectivity index (χ3n) is 2.79. The Morgan fingerprint density at radius 2 is 2.33 bits per heavy atom. The van der Waals surface area contributed by atoms with Gasteiger partial charge in [-0.3, -0.25) is 9.69 Å². The highest BCUT2D eigenvalue weighted by molar-refractivity contribution is 5.76. The van der Waals surface area contributed by atoms with Gasteiger partial charge in [-0.1, -0.05) is 0 Å². The van der Waals surface area contributed by atoms with Gasteiger partial charge in [-0.2, -0.15) is 0 Å². The Morgan fingerprint density at radius 1 is 1.60 bits per heavy atom. The average molecular weight is 214 g/mol. The van der Waals surface area contributed by atoms with Crippen LogP contribution in [0.4, 0.5) is 0 Å². The number of aliphatic hydroxyl groups excluding tert-OH is 1. The minimum absolute atomic E-state index is 0.105. The zero-order chi connectivity index (χ0) is 11.3. The fourth-order valence-corrected chi connectivity index (χ4v) is 2.04. The van der Waals surface area contributed by atoms with Crippen molar-refractivity contribution in [1.29, 1.82) is 0 Å². The molecule has 1 atom stereocenters. The van der Waals surface area contributed by atoms with Crippen molar-refractivity contribution in [2.75, 3.05) is 19.7 Å². The van der Waals surface area contributed by atoms with E-state index < -0.39 is 0 Å². The molecule has 0 spiro atoms. The number of rotatable bonds is 5. The summed E-state index contributed by atoms with van der Waals surface area (Å²) in [6.07, 6.45) is 2.73. The second-order valence-corrected chi connectivity index (χ2v) is 4.49. The number of carbonyl (C=O) groups is 1. The van der Waals surface area contributed by atoms with Crippen LogP contribution in [-0.4, -0.2) is 47.7 Å². The Bertz CT molecular complexity index is 207. The maximum absolute atomic E-state index is 11.4. The van der Waals surface area contributed by atoms with Crippen molar-refractivity contribution in [2.45, 2.75) is 45.2 Å². The molecule has 1 heterocycles. The predicted octanol–water partition coefficient (Wildman–Crippen LogP) is 0.358. The number of likely N-dealkylation sites (tertiary alicyclic amines) is 1. The van der Waals surface area contributed by atoms with Gasteiger partial charge in [0.2, 0.25) is 5.91 Å². The van der Waals surface area contributed by atoms with Gasteiger partial charge < -0.3 is 10.4 Å². The maximum atomic E-state index is 11.4. The molecule has 0 aliphatic carbocycles. The molecule has 0 aromatic carbocycles. The number of carbonyl (C=O) groups excluding carboxylic acids is 1. The van der Waals surface area contributed by atoms with Crippen LogP contribution in [0.3, 0.4) is 0 Å². The van der Waals surface area contributed by atoms with E-state index >= 15 is 0 Å². The normalized spacial score (nSPS) is 22.3. The fourth-order valence-electron chi connectivity index (χ4n) is 2.04. The van der Waals surface area contributed by atoms with Crippen molar-refractivity contribution in [3.05, 3.63) is 0 Å². The maximum Gasteiger partial charge on any atom is 0.221 e. The van der Waals surface area contributed by atoms with Gasteiger partial charge in [0, 0.05) is 25.0 Å². The molecule has 1 amide bonds. The van der Waals surface area contributed by atoms with Crippen molar-refractivity contribution < 1.29 is 9.90 Å². The first-order chi connectivity index (χ1) is 7.13. The molecule has 1 unspecified atom stereocenters. The third kappa shape index (κ3) is 4.18. The standard InChI is InChI=1S/C11H22N2O2/c1-9(2)12-11(15)5-7-13-6-3-4-10(13)8-14/h9-10,14H,3-8H2,1-2H3,(H,12,15). The van der Waals surface area contributed by atoms with Crippen LogP contribution < -0.4 is 5.32 Å². The summed E-state index contributed by atoms with van der Waals surface area (Å²) >= 11 is 0. The van der Waals surface area contributed by atoms with Crippen LogP contribution in [0.25, 0.3) is 0 Å². The summed E-state index contributed by atoms with van der Waals surface area (Å²) in [4.78, 5) is 13.6. The molecule has 0 aromatic rings. The van der Waals surface area contributed by atoms with Gasteiger partial charge in [0.1, 0.15) is 0 Å². The fraction of sp³-hybridized carbons (Fsp3) is 0.909. The van der Waals surface area contributed by atoms with Gasteiger partial charge in [0.25, 0.3) is 0 Å². The average Bonchev–Trinajstić information content (AvgIpc) is 2.60. The molecule has 4 heteroatoms. The van der Waals surface area contributed by atoms with Gasteiger partial charge in [0.15, 0.2) is 0 Å². The van der Waals surface area contributed by atoms with Crippen molar-refractivity contribution in [3.8, 4) is 0 Å². The Labute approximate surface area is 91.6 Å². The Morgan fingerprint density at radius 3 is 2.93 bits per heavy atom. The smallest absolute Gasteiger partial charge is 0.221 e. The first kappa shape index (κ1) is 12.5. The molecule has 0 aromatic heterocycles. The summed E-state index contributed by atoms with van der Waals surface area (Å²) in [5, 5.41) is 12.0. The summed E-state index contributed by atoms with van der Waals surface area (Å²) in [7, 11) is 0. The van der Waals surface area contributed by atoms with E-state index in [4.69, 9.17) is 5.11 Å². The van der Waals surface area contributed by atoms with Crippen molar-refractivity contribution >= 4 is 5.91 Å². The molecule has 88 valence electrons. The molecule has 0 radical (unpaired) electrons. The van der Waals surface area contributed by atoms with Crippen molar-refractivity contribution in [3.63, 3.8) is 0 Å². The molecule has 2 N–H and O–H groups in total. The van der Waals surface area contributed by atoms with Crippen LogP contribution in [-0.2, 0) is 4.79 Å². The molecule has 0 bridgehead atoms. The van der Waals surface area contributed by atoms with E-state index in [1.54, 1.807) is 0 Å². The van der Waals surface area contributed by atoms with Gasteiger partial charge in [0.05, 0.1) is 6.61 Å². The van der Waals surface area contributed by atoms with Crippen LogP contribution in [0.5, 0.6) is 0 Å². The first-order valence-electron chi connectivity index (χ1n) is 5.77. The van der Waals surface area contributed by atoms with Crippen molar-refractivity contribution in [1.82, 2.24) is 10.2 Å². The number of hydrogen-bond donors (Lipinski definition) is 2. The zero-order valence-electron chi connectivity index (χ0n) is 9.70. The first-order valence-corrected chi connectivity index (χ1v) is 5.77. The third-order valence-corrected chi connectivity index (χ3v) is 2.79. The Kier molecular flexibility index (Phi) is 5.05. The van der Waals surface area contributed by atoms with Gasteiger partial charge in [-0.25, -0.2) is 0 Å². The minimum Gasteiger partial charge on any atom is -0.395 e. The van der Waals surface area contributed by atoms with E-state index in [0.717, 1.165) is 25.9 Å². The highest BCUT2D eigenvalue weighted by Crippen LogP contribution is 2.16. The van der Waals surface area contributed by atoms with E-state index in [-0.39, 0.29) is 24.6 Å². The summed E-state index contributed by atoms with van der Waals surface area (Å²) < 4.78 is 0. The second kappa shape index (κ2) is 6.08. The van der Waals surface area contributed by atoms with Crippen LogP contribution in [0.2, 0.25) is 0 Å². The van der Waals surface area contributed by atoms with E-state index in [9.17, 15) is 4.79 Å². The Hall–Kier alpha value is -0.610. The molecule has 1 rings (SSSR count). The number of hydrogen-bond acceptors (Lipinski definition) is 3. The molecule has 4 nitrogen and oxygen atoms in total. The van der Waals surface area contributed by atoms with E-state index in [1.807, 2.05) is 13.8 Å². The van der Waals surface area contributed by atoms with Crippen LogP contribution >= 0.6 is 0 Å². The molecular weight excluding hydrogens is 192 g/mol. The number of amides is 1. The summed E-state index contributed by atoms with van der Waals surface area (Å²) in [5.41, 5.74) is 0. The second-order valence-electron chi connectivity index (χ2n) is 4.49. The predicted molar refractivity (Wildman–Crippen MR) is 59.6 cm³/mol. The number of nitrogens with one attached hydrogen (secondary N) is 1. The topological polar surface area (TPSA) is 52.6 Å². The number of aliphatic hydroxyl groups is 1. The monoisotopic (exact) mass is 214 g/mol. The van der Waals surface area contributed by atoms with Gasteiger partial charge in [-0.15, -0.1) is 0 Å². The van der Waals surface area contributed by atoms with E-state index in [2.05, 4.69) is 10.2 Å². The Balaban J connectivity index is 2.21. The molecule has 1 aliphatic heterocycles. The molecular formula is C11H22N2O2. The van der Waals surface area contributed by atoms with Crippen LogP contribution in [0.15, 0.2) is 0 Å². The molecule has 1 saturated heterocycles. The lowest BCUT2D eigenvalue weighted by molar-refractivity contribution is -0.122. The molecule has 0 saturated carbocycles. The van der Waals surface area contributed by atoms with E-state index in [1.165, 1.54) is 0 Å². The lowest BCUT2D eigenvalue weighted by Gasteiger charge is -2.22. The van der Waals surface area contributed by atoms with Gasteiger partial charge in [-0.05, 0) is 33.2 Å². The SMILES string of the molecule is CC(C)NC(=O)CCN1CCCC1CO. The molecule has 15 heavy (non-hydrogen) atoms. The zero-order valence-corrected chi connectivity index (χ0v) is 9.70. The van der Waals surface area contributed by atoms with Crippen molar-refractivity contribution in [2.24, 2.45) is 0 Å². The highest BCUT2D eigenvalue weighted by atomic mass is 16.3. The quantitative estimate of drug-likeness (QED) is 0.694. The van der Waals surface area contributed by atoms with Crippen LogP contribution in [0.1, 0.15) is 33.1 Å². The highest BCUT2D eigenvalue weighted by Gasteiger charge is 2.23. The van der Waals surface area contributed by atoms with Gasteiger partial charge >= 0.3 is 0 Å². The lowest BCUT2D eigenvalue weighted by Crippen LogP contribution is -2.37. The summed E-state index contributed by atoms with van der Waals surface area (Å²) in [6, 6.07) is 0.488. The lowest BCUT2D eigenvalue weighted by atomic mass is 10.2. The minimum atomic E-state index is 0.105. The van der Waals surface area contributed by atoms with Crippen LogP contribution in [0, 0.1) is 0 Å². The number of nitrogens with zero attached hydrogens (tertiary/aromatic N) is 1. The molecule has 1 aliphatic rings. The largest absolute Gasteiger partial charge is 0.395 e. The van der Waals surface area contributed by atoms with E-state index in [0.29, 0.717) is 6.42 Å². The summed E-state index contributed by atoms with van der Waals surface area (Å²) in [6.45, 7) is 5.92. The summed E-state index contributed by atoms with van der Waals surface area (Å²) in [5.74, 6) is 0.105. The molecule has 1 fully saturated rings.